The minimum absolute atomic E-state index is 0.126. The Balaban J connectivity index is 1.94. The van der Waals surface area contributed by atoms with Crippen molar-refractivity contribution in [2.24, 2.45) is 0 Å². The predicted molar refractivity (Wildman–Crippen MR) is 97.6 cm³/mol. The second-order valence-corrected chi connectivity index (χ2v) is 6.87. The molecular formula is C21H24FNO2. The van der Waals surface area contributed by atoms with Crippen LogP contribution in [-0.4, -0.2) is 13.0 Å². The second kappa shape index (κ2) is 6.87. The Labute approximate surface area is 148 Å². The molecule has 0 unspecified atom stereocenters. The van der Waals surface area contributed by atoms with Crippen LogP contribution in [0.1, 0.15) is 42.4 Å². The van der Waals surface area contributed by atoms with Gasteiger partial charge < -0.3 is 10.1 Å². The van der Waals surface area contributed by atoms with Gasteiger partial charge in [-0.25, -0.2) is 4.39 Å². The minimum atomic E-state index is -0.785. The number of benzene rings is 2. The van der Waals surface area contributed by atoms with Crippen molar-refractivity contribution in [3.63, 3.8) is 0 Å². The summed E-state index contributed by atoms with van der Waals surface area (Å²) in [6, 6.07) is 10.4. The molecule has 2 aromatic rings. The van der Waals surface area contributed by atoms with Crippen LogP contribution in [0.5, 0.6) is 5.75 Å². The zero-order valence-corrected chi connectivity index (χ0v) is 15.0. The lowest BCUT2D eigenvalue weighted by Gasteiger charge is -2.29. The van der Waals surface area contributed by atoms with Crippen LogP contribution in [0.15, 0.2) is 36.4 Å². The number of amides is 1. The molecule has 1 aliphatic carbocycles. The lowest BCUT2D eigenvalue weighted by atomic mass is 9.77. The van der Waals surface area contributed by atoms with E-state index in [4.69, 9.17) is 4.74 Å². The number of aryl methyl sites for hydroxylation is 2. The Hall–Kier alpha value is -2.36. The van der Waals surface area contributed by atoms with E-state index in [-0.39, 0.29) is 11.7 Å². The zero-order chi connectivity index (χ0) is 18.0. The van der Waals surface area contributed by atoms with Crippen molar-refractivity contribution >= 4 is 11.6 Å². The summed E-state index contributed by atoms with van der Waals surface area (Å²) in [5.41, 5.74) is 2.37. The fourth-order valence-electron chi connectivity index (χ4n) is 4.04. The lowest BCUT2D eigenvalue weighted by molar-refractivity contribution is -0.121. The van der Waals surface area contributed by atoms with Crippen LogP contribution in [-0.2, 0) is 10.2 Å². The van der Waals surface area contributed by atoms with Crippen molar-refractivity contribution in [2.75, 3.05) is 12.4 Å². The average molecular weight is 341 g/mol. The molecule has 3 rings (SSSR count). The molecule has 0 spiro atoms. The maximum atomic E-state index is 14.4. The van der Waals surface area contributed by atoms with Gasteiger partial charge in [-0.1, -0.05) is 31.0 Å². The summed E-state index contributed by atoms with van der Waals surface area (Å²) in [4.78, 5) is 13.2. The molecule has 0 bridgehead atoms. The number of carbonyl (C=O) groups excluding carboxylic acids is 1. The highest BCUT2D eigenvalue weighted by atomic mass is 19.1. The summed E-state index contributed by atoms with van der Waals surface area (Å²) < 4.78 is 19.8. The van der Waals surface area contributed by atoms with Gasteiger partial charge in [0.2, 0.25) is 5.91 Å². The van der Waals surface area contributed by atoms with E-state index in [0.717, 1.165) is 35.4 Å². The Kier molecular flexibility index (Phi) is 4.80. The quantitative estimate of drug-likeness (QED) is 0.859. The van der Waals surface area contributed by atoms with Crippen LogP contribution in [0.3, 0.4) is 0 Å². The van der Waals surface area contributed by atoms with Gasteiger partial charge in [-0.2, -0.15) is 0 Å². The molecule has 25 heavy (non-hydrogen) atoms. The van der Waals surface area contributed by atoms with Gasteiger partial charge in [-0.05, 0) is 56.0 Å². The molecular weight excluding hydrogens is 317 g/mol. The van der Waals surface area contributed by atoms with E-state index in [9.17, 15) is 9.18 Å². The maximum absolute atomic E-state index is 14.4. The van der Waals surface area contributed by atoms with Crippen molar-refractivity contribution < 1.29 is 13.9 Å². The normalized spacial score (nSPS) is 15.8. The van der Waals surface area contributed by atoms with E-state index in [1.807, 2.05) is 26.0 Å². The molecule has 2 aromatic carbocycles. The highest BCUT2D eigenvalue weighted by Crippen LogP contribution is 2.43. The van der Waals surface area contributed by atoms with Gasteiger partial charge in [0, 0.05) is 11.3 Å². The van der Waals surface area contributed by atoms with Crippen molar-refractivity contribution in [3.8, 4) is 5.75 Å². The summed E-state index contributed by atoms with van der Waals surface area (Å²) >= 11 is 0. The number of nitrogens with one attached hydrogen (secondary N) is 1. The first-order valence-electron chi connectivity index (χ1n) is 8.69. The Bertz CT molecular complexity index is 771. The van der Waals surface area contributed by atoms with E-state index in [0.29, 0.717) is 18.4 Å². The summed E-state index contributed by atoms with van der Waals surface area (Å²) in [7, 11) is 1.64. The number of anilines is 1. The topological polar surface area (TPSA) is 38.3 Å². The van der Waals surface area contributed by atoms with Gasteiger partial charge in [0.05, 0.1) is 12.5 Å². The van der Waals surface area contributed by atoms with Gasteiger partial charge in [-0.3, -0.25) is 4.79 Å². The third-order valence-corrected chi connectivity index (χ3v) is 5.20. The number of halogens is 1. The molecule has 1 N–H and O–H groups in total. The zero-order valence-electron chi connectivity index (χ0n) is 15.0. The molecule has 0 saturated heterocycles. The molecule has 1 amide bonds. The van der Waals surface area contributed by atoms with E-state index >= 15 is 0 Å². The number of hydrogen-bond acceptors (Lipinski definition) is 2. The molecule has 4 heteroatoms. The summed E-state index contributed by atoms with van der Waals surface area (Å²) in [5, 5.41) is 3.02. The number of carbonyl (C=O) groups is 1. The van der Waals surface area contributed by atoms with Gasteiger partial charge in [0.1, 0.15) is 11.6 Å². The van der Waals surface area contributed by atoms with E-state index in [1.54, 1.807) is 25.3 Å². The Morgan fingerprint density at radius 3 is 2.28 bits per heavy atom. The fourth-order valence-corrected chi connectivity index (χ4v) is 4.04. The van der Waals surface area contributed by atoms with Gasteiger partial charge in [-0.15, -0.1) is 0 Å². The predicted octanol–water partition coefficient (Wildman–Crippen LogP) is 4.90. The molecule has 1 aliphatic rings. The van der Waals surface area contributed by atoms with Crippen molar-refractivity contribution in [2.45, 2.75) is 44.9 Å². The van der Waals surface area contributed by atoms with Gasteiger partial charge in [0.25, 0.3) is 0 Å². The molecule has 1 saturated carbocycles. The lowest BCUT2D eigenvalue weighted by Crippen LogP contribution is -2.38. The SMILES string of the molecule is COc1c(C)cc(NC(=O)C2(c3ccccc3F)CCCC2)cc1C. The summed E-state index contributed by atoms with van der Waals surface area (Å²) in [6.07, 6.45) is 3.21. The first kappa shape index (κ1) is 17.5. The summed E-state index contributed by atoms with van der Waals surface area (Å²) in [5.74, 6) is 0.392. The first-order valence-corrected chi connectivity index (χ1v) is 8.69. The first-order chi connectivity index (χ1) is 12.0. The van der Waals surface area contributed by atoms with Gasteiger partial charge >= 0.3 is 0 Å². The van der Waals surface area contributed by atoms with Crippen LogP contribution in [0.4, 0.5) is 10.1 Å². The second-order valence-electron chi connectivity index (χ2n) is 6.87. The maximum Gasteiger partial charge on any atom is 0.235 e. The largest absolute Gasteiger partial charge is 0.496 e. The van der Waals surface area contributed by atoms with Crippen LogP contribution in [0.2, 0.25) is 0 Å². The highest BCUT2D eigenvalue weighted by Gasteiger charge is 2.44. The molecule has 0 radical (unpaired) electrons. The molecule has 0 atom stereocenters. The Morgan fingerprint density at radius 2 is 1.72 bits per heavy atom. The van der Waals surface area contributed by atoms with Crippen molar-refractivity contribution in [3.05, 3.63) is 58.9 Å². The number of rotatable bonds is 4. The van der Waals surface area contributed by atoms with E-state index < -0.39 is 5.41 Å². The third-order valence-electron chi connectivity index (χ3n) is 5.20. The molecule has 1 fully saturated rings. The summed E-state index contributed by atoms with van der Waals surface area (Å²) in [6.45, 7) is 3.90. The van der Waals surface area contributed by atoms with Crippen LogP contribution in [0, 0.1) is 19.7 Å². The Morgan fingerprint density at radius 1 is 1.12 bits per heavy atom. The molecule has 0 aliphatic heterocycles. The van der Waals surface area contributed by atoms with Crippen LogP contribution in [0.25, 0.3) is 0 Å². The monoisotopic (exact) mass is 341 g/mol. The average Bonchev–Trinajstić information content (AvgIpc) is 3.06. The third kappa shape index (κ3) is 3.13. The standard InChI is InChI=1S/C21H24FNO2/c1-14-12-16(13-15(2)19(14)25-3)23-20(24)21(10-6-7-11-21)17-8-4-5-9-18(17)22/h4-5,8-9,12-13H,6-7,10-11H2,1-3H3,(H,23,24). The number of hydrogen-bond donors (Lipinski definition) is 1. The van der Waals surface area contributed by atoms with Crippen molar-refractivity contribution in [1.29, 1.82) is 0 Å². The van der Waals surface area contributed by atoms with Crippen molar-refractivity contribution in [1.82, 2.24) is 0 Å². The fraction of sp³-hybridized carbons (Fsp3) is 0.381. The number of methoxy groups -OCH3 is 1. The molecule has 3 nitrogen and oxygen atoms in total. The molecule has 0 aromatic heterocycles. The van der Waals surface area contributed by atoms with E-state index in [1.165, 1.54) is 6.07 Å². The highest BCUT2D eigenvalue weighted by molar-refractivity contribution is 5.99. The number of ether oxygens (including phenoxy) is 1. The van der Waals surface area contributed by atoms with Gasteiger partial charge in [0.15, 0.2) is 0 Å². The molecule has 0 heterocycles. The van der Waals surface area contributed by atoms with Crippen LogP contribution < -0.4 is 10.1 Å². The molecule has 132 valence electrons. The smallest absolute Gasteiger partial charge is 0.235 e. The van der Waals surface area contributed by atoms with E-state index in [2.05, 4.69) is 5.32 Å². The minimum Gasteiger partial charge on any atom is -0.496 e. The van der Waals surface area contributed by atoms with Crippen LogP contribution >= 0.6 is 0 Å².